The minimum Gasteiger partial charge on any atom is -0.490 e. The molecule has 192 valence electrons. The maximum absolute atomic E-state index is 6.25. The van der Waals surface area contributed by atoms with Crippen LogP contribution in [0.15, 0.2) is 36.5 Å². The van der Waals surface area contributed by atoms with Crippen LogP contribution in [0.1, 0.15) is 128 Å². The van der Waals surface area contributed by atoms with E-state index in [1.165, 1.54) is 103 Å². The second-order valence-corrected chi connectivity index (χ2v) is 11.2. The molecule has 0 atom stereocenters. The SMILES string of the molecule is CCCCCC1CCC(c2ncc(OCCCCCCCCC3CC3)c(-c3ccccc3)n2)CC1. The highest BCUT2D eigenvalue weighted by Gasteiger charge is 2.25. The zero-order chi connectivity index (χ0) is 24.1. The first-order chi connectivity index (χ1) is 17.3. The van der Waals surface area contributed by atoms with Gasteiger partial charge in [0.1, 0.15) is 11.5 Å². The Kier molecular flexibility index (Phi) is 10.9. The van der Waals surface area contributed by atoms with E-state index in [4.69, 9.17) is 14.7 Å². The van der Waals surface area contributed by atoms with Gasteiger partial charge in [-0.1, -0.05) is 114 Å². The Balaban J connectivity index is 1.26. The molecule has 2 saturated carbocycles. The number of benzene rings is 1. The molecule has 1 aromatic heterocycles. The zero-order valence-electron chi connectivity index (χ0n) is 22.2. The van der Waals surface area contributed by atoms with Gasteiger partial charge in [-0.3, -0.25) is 0 Å². The van der Waals surface area contributed by atoms with Crippen LogP contribution in [0.3, 0.4) is 0 Å². The zero-order valence-corrected chi connectivity index (χ0v) is 22.2. The molecule has 2 aromatic rings. The molecule has 1 heterocycles. The average Bonchev–Trinajstić information content (AvgIpc) is 3.73. The third kappa shape index (κ3) is 8.92. The van der Waals surface area contributed by atoms with Crippen molar-refractivity contribution in [1.82, 2.24) is 9.97 Å². The van der Waals surface area contributed by atoms with Crippen LogP contribution in [-0.2, 0) is 0 Å². The molecule has 0 bridgehead atoms. The minimum atomic E-state index is 0.494. The van der Waals surface area contributed by atoms with Crippen molar-refractivity contribution in [2.75, 3.05) is 6.61 Å². The van der Waals surface area contributed by atoms with E-state index < -0.39 is 0 Å². The van der Waals surface area contributed by atoms with Crippen molar-refractivity contribution in [3.8, 4) is 17.0 Å². The van der Waals surface area contributed by atoms with E-state index in [9.17, 15) is 0 Å². The summed E-state index contributed by atoms with van der Waals surface area (Å²) in [6.45, 7) is 3.05. The van der Waals surface area contributed by atoms with E-state index in [1.807, 2.05) is 6.20 Å². The van der Waals surface area contributed by atoms with Gasteiger partial charge in [-0.15, -0.1) is 0 Å². The van der Waals surface area contributed by atoms with E-state index in [-0.39, 0.29) is 0 Å². The van der Waals surface area contributed by atoms with Crippen LogP contribution in [0, 0.1) is 11.8 Å². The van der Waals surface area contributed by atoms with E-state index in [1.54, 1.807) is 0 Å². The maximum Gasteiger partial charge on any atom is 0.163 e. The lowest BCUT2D eigenvalue weighted by Gasteiger charge is -2.28. The Labute approximate surface area is 214 Å². The molecule has 0 amide bonds. The van der Waals surface area contributed by atoms with E-state index >= 15 is 0 Å². The Morgan fingerprint density at radius 3 is 2.06 bits per heavy atom. The number of hydrogen-bond donors (Lipinski definition) is 0. The maximum atomic E-state index is 6.25. The largest absolute Gasteiger partial charge is 0.490 e. The predicted molar refractivity (Wildman–Crippen MR) is 147 cm³/mol. The Hall–Kier alpha value is -1.90. The normalized spacial score (nSPS) is 20.1. The van der Waals surface area contributed by atoms with Crippen LogP contribution < -0.4 is 4.74 Å². The third-order valence-electron chi connectivity index (χ3n) is 8.21. The summed E-state index contributed by atoms with van der Waals surface area (Å²) in [7, 11) is 0. The number of hydrogen-bond acceptors (Lipinski definition) is 3. The first-order valence-corrected chi connectivity index (χ1v) is 14.9. The van der Waals surface area contributed by atoms with Gasteiger partial charge in [0.05, 0.1) is 12.8 Å². The minimum absolute atomic E-state index is 0.494. The molecule has 0 N–H and O–H groups in total. The third-order valence-corrected chi connectivity index (χ3v) is 8.21. The van der Waals surface area contributed by atoms with Gasteiger partial charge in [0.25, 0.3) is 0 Å². The molecule has 1 aromatic carbocycles. The lowest BCUT2D eigenvalue weighted by molar-refractivity contribution is 0.292. The fourth-order valence-corrected chi connectivity index (χ4v) is 5.71. The molecule has 35 heavy (non-hydrogen) atoms. The van der Waals surface area contributed by atoms with Gasteiger partial charge in [-0.2, -0.15) is 0 Å². The molecule has 0 spiro atoms. The predicted octanol–water partition coefficient (Wildman–Crippen LogP) is 9.52. The average molecular weight is 477 g/mol. The molecule has 3 heteroatoms. The summed E-state index contributed by atoms with van der Waals surface area (Å²) in [6, 6.07) is 10.5. The Morgan fingerprint density at radius 2 is 1.37 bits per heavy atom. The van der Waals surface area contributed by atoms with Crippen LogP contribution in [0.5, 0.6) is 5.75 Å². The molecule has 2 aliphatic rings. The van der Waals surface area contributed by atoms with Crippen LogP contribution in [0.25, 0.3) is 11.3 Å². The second kappa shape index (κ2) is 14.6. The summed E-state index contributed by atoms with van der Waals surface area (Å²) in [4.78, 5) is 9.92. The molecule has 0 radical (unpaired) electrons. The van der Waals surface area contributed by atoms with Crippen molar-refractivity contribution in [1.29, 1.82) is 0 Å². The van der Waals surface area contributed by atoms with Crippen LogP contribution >= 0.6 is 0 Å². The number of rotatable bonds is 16. The molecule has 2 aliphatic carbocycles. The van der Waals surface area contributed by atoms with Crippen molar-refractivity contribution in [3.63, 3.8) is 0 Å². The molecule has 0 aliphatic heterocycles. The van der Waals surface area contributed by atoms with E-state index in [2.05, 4.69) is 37.3 Å². The molecular weight excluding hydrogens is 428 g/mol. The first kappa shape index (κ1) is 26.2. The first-order valence-electron chi connectivity index (χ1n) is 14.9. The van der Waals surface area contributed by atoms with Crippen molar-refractivity contribution >= 4 is 0 Å². The quantitative estimate of drug-likeness (QED) is 0.226. The summed E-state index contributed by atoms with van der Waals surface area (Å²) >= 11 is 0. The van der Waals surface area contributed by atoms with Gasteiger partial charge in [-0.25, -0.2) is 9.97 Å². The number of aromatic nitrogens is 2. The van der Waals surface area contributed by atoms with Crippen LogP contribution in [0.2, 0.25) is 0 Å². The van der Waals surface area contributed by atoms with Crippen molar-refractivity contribution in [2.24, 2.45) is 11.8 Å². The summed E-state index contributed by atoms with van der Waals surface area (Å²) in [5.74, 6) is 4.36. The van der Waals surface area contributed by atoms with E-state index in [0.717, 1.165) is 47.7 Å². The van der Waals surface area contributed by atoms with Gasteiger partial charge in [-0.05, 0) is 43.9 Å². The molecule has 0 saturated heterocycles. The summed E-state index contributed by atoms with van der Waals surface area (Å²) < 4.78 is 6.25. The lowest BCUT2D eigenvalue weighted by Crippen LogP contribution is -2.16. The second-order valence-electron chi connectivity index (χ2n) is 11.2. The standard InChI is InChI=1S/C32H48N2O/c1-2-3-9-14-27-20-22-29(23-21-27)32-33-25-30(31(34-32)28-16-11-8-12-17-28)35-24-13-7-5-4-6-10-15-26-18-19-26/h8,11-12,16-17,25-27,29H,2-7,9-10,13-15,18-24H2,1H3. The molecule has 0 unspecified atom stereocenters. The van der Waals surface area contributed by atoms with Crippen LogP contribution in [-0.4, -0.2) is 16.6 Å². The Morgan fingerprint density at radius 1 is 0.743 bits per heavy atom. The van der Waals surface area contributed by atoms with Crippen LogP contribution in [0.4, 0.5) is 0 Å². The highest BCUT2D eigenvalue weighted by atomic mass is 16.5. The summed E-state index contributed by atoms with van der Waals surface area (Å²) in [5, 5.41) is 0. The molecule has 2 fully saturated rings. The van der Waals surface area contributed by atoms with E-state index in [0.29, 0.717) is 5.92 Å². The monoisotopic (exact) mass is 476 g/mol. The fourth-order valence-electron chi connectivity index (χ4n) is 5.71. The van der Waals surface area contributed by atoms with Gasteiger partial charge in [0.15, 0.2) is 5.75 Å². The highest BCUT2D eigenvalue weighted by molar-refractivity contribution is 5.65. The number of unbranched alkanes of at least 4 members (excludes halogenated alkanes) is 7. The fraction of sp³-hybridized carbons (Fsp3) is 0.688. The Bertz CT molecular complexity index is 840. The van der Waals surface area contributed by atoms with Crippen molar-refractivity contribution in [2.45, 2.75) is 122 Å². The number of nitrogens with zero attached hydrogens (tertiary/aromatic N) is 2. The van der Waals surface area contributed by atoms with Gasteiger partial charge < -0.3 is 4.74 Å². The summed E-state index contributed by atoms with van der Waals surface area (Å²) in [5.41, 5.74) is 2.11. The summed E-state index contributed by atoms with van der Waals surface area (Å²) in [6.07, 6.45) is 25.0. The molecule has 4 rings (SSSR count). The van der Waals surface area contributed by atoms with Crippen molar-refractivity contribution in [3.05, 3.63) is 42.4 Å². The smallest absolute Gasteiger partial charge is 0.163 e. The van der Waals surface area contributed by atoms with Gasteiger partial charge >= 0.3 is 0 Å². The molecular formula is C32H48N2O. The van der Waals surface area contributed by atoms with Gasteiger partial charge in [0.2, 0.25) is 0 Å². The molecule has 3 nitrogen and oxygen atoms in total. The lowest BCUT2D eigenvalue weighted by atomic mass is 9.79. The highest BCUT2D eigenvalue weighted by Crippen LogP contribution is 2.38. The van der Waals surface area contributed by atoms with Gasteiger partial charge in [0, 0.05) is 11.5 Å². The topological polar surface area (TPSA) is 35.0 Å². The number of ether oxygens (including phenoxy) is 1. The van der Waals surface area contributed by atoms with Crippen molar-refractivity contribution < 1.29 is 4.74 Å².